The molecule has 2 aromatic heterocycles. The van der Waals surface area contributed by atoms with E-state index in [1.54, 1.807) is 24.4 Å². The molecule has 85 heavy (non-hydrogen) atoms. The van der Waals surface area contributed by atoms with E-state index < -0.39 is 65.6 Å². The molecule has 0 radical (unpaired) electrons. The van der Waals surface area contributed by atoms with Crippen molar-refractivity contribution >= 4 is 56.8 Å². The zero-order valence-electron chi connectivity index (χ0n) is 48.1. The van der Waals surface area contributed by atoms with E-state index in [4.69, 9.17) is 37.5 Å². The lowest BCUT2D eigenvalue weighted by molar-refractivity contribution is -0.148. The minimum absolute atomic E-state index is 0.000177. The van der Waals surface area contributed by atoms with Gasteiger partial charge in [0.25, 0.3) is 0 Å². The Hall–Kier alpha value is -7.05. The van der Waals surface area contributed by atoms with E-state index in [1.165, 1.54) is 29.2 Å². The van der Waals surface area contributed by atoms with E-state index in [9.17, 15) is 29.7 Å². The van der Waals surface area contributed by atoms with Gasteiger partial charge in [-0.1, -0.05) is 86.8 Å². The molecule has 17 nitrogen and oxygen atoms in total. The van der Waals surface area contributed by atoms with E-state index in [1.807, 2.05) is 51.1 Å². The largest absolute Gasteiger partial charge is 0.508 e. The first kappa shape index (κ1) is 58.3. The third-order valence-corrected chi connectivity index (χ3v) is 18.9. The number of aliphatic hydroxyl groups is 2. The highest BCUT2D eigenvalue weighted by molar-refractivity contribution is 6.33. The molecule has 6 heterocycles. The van der Waals surface area contributed by atoms with Gasteiger partial charge >= 0.3 is 6.01 Å². The lowest BCUT2D eigenvalue weighted by Gasteiger charge is -2.52. The number of carbonyl (C=O) groups excluding carboxylic acids is 3. The third kappa shape index (κ3) is 12.0. The first-order valence-electron chi connectivity index (χ1n) is 29.6. The fourth-order valence-electron chi connectivity index (χ4n) is 13.7. The summed E-state index contributed by atoms with van der Waals surface area (Å²) in [5.74, 6) is -0.0939. The number of nitrogens with one attached hydrogen (secondary N) is 3. The lowest BCUT2D eigenvalue weighted by atomic mass is 9.61. The van der Waals surface area contributed by atoms with Crippen LogP contribution in [0.2, 0.25) is 5.02 Å². The second-order valence-electron chi connectivity index (χ2n) is 25.7. The number of aromatic nitrogens is 3. The van der Waals surface area contributed by atoms with Gasteiger partial charge in [0.2, 0.25) is 17.7 Å². The predicted molar refractivity (Wildman–Crippen MR) is 319 cm³/mol. The number of halogens is 3. The molecular formula is C65H72ClF2N9O8. The molecule has 6 atom stereocenters. The van der Waals surface area contributed by atoms with Crippen molar-refractivity contribution in [3.63, 3.8) is 0 Å². The standard InChI is InChI=1S/C65H72ClF2N9O8/c1-5-45-50(67)17-14-39-24-42(79)25-47(54(39)45)56-55(68)57-48(29-69-56)59(76-30-40-15-16-41(31-76)70-40)74-62(73-57)85-36-65(18-19-65)35-75-22-20-64(21-23-75)27-44(28-64)84-34-53(81)72-58(63(2,3)4)61(83)77-32-43(80)26-52(77)60(82)71-51(33-78)38-12-10-37(11-13-38)46-8-6-7-9-49(46)66/h1,6-14,17,24-25,29,40-41,43-44,51-52,58,70,78-80H,15-16,18-23,26-28,30-36H2,2-4H3,(H,71,82)(H,72,81)/t40?,41?,43-,51+,52+,58-/m1/s1. The van der Waals surface area contributed by atoms with Crippen molar-refractivity contribution in [3.05, 3.63) is 107 Å². The fraction of sp³-hybridized carbons (Fsp3) is 0.477. The number of carbonyl (C=O) groups is 3. The number of hydrogen-bond acceptors (Lipinski definition) is 14. The summed E-state index contributed by atoms with van der Waals surface area (Å²) in [5, 5.41) is 43.1. The molecule has 6 aliphatic rings. The molecule has 20 heteroatoms. The van der Waals surface area contributed by atoms with Gasteiger partial charge < -0.3 is 55.4 Å². The number of hydrogen-bond donors (Lipinski definition) is 6. The fourth-order valence-corrected chi connectivity index (χ4v) is 13.9. The number of fused-ring (bicyclic) bond motifs is 4. The van der Waals surface area contributed by atoms with E-state index in [-0.39, 0.29) is 88.1 Å². The van der Waals surface area contributed by atoms with E-state index in [0.717, 1.165) is 82.1 Å². The third-order valence-electron chi connectivity index (χ3n) is 18.6. The lowest BCUT2D eigenvalue weighted by Crippen LogP contribution is -2.58. The van der Waals surface area contributed by atoms with Crippen LogP contribution < -0.4 is 25.6 Å². The van der Waals surface area contributed by atoms with Crippen LogP contribution in [-0.4, -0.2) is 153 Å². The molecular weight excluding hydrogens is 1110 g/mol. The quantitative estimate of drug-likeness (QED) is 0.0481. The summed E-state index contributed by atoms with van der Waals surface area (Å²) < 4.78 is 45.0. The molecule has 2 bridgehead atoms. The van der Waals surface area contributed by atoms with Crippen molar-refractivity contribution in [1.29, 1.82) is 0 Å². The normalized spacial score (nSPS) is 22.5. The molecule has 4 aromatic carbocycles. The Bertz CT molecular complexity index is 3580. The maximum Gasteiger partial charge on any atom is 0.319 e. The number of benzene rings is 4. The van der Waals surface area contributed by atoms with Crippen LogP contribution in [-0.2, 0) is 19.1 Å². The predicted octanol–water partition coefficient (Wildman–Crippen LogP) is 7.83. The number of likely N-dealkylation sites (tertiary alicyclic amines) is 2. The van der Waals surface area contributed by atoms with Crippen LogP contribution in [0.4, 0.5) is 14.6 Å². The number of piperidine rings is 1. The van der Waals surface area contributed by atoms with Gasteiger partial charge in [-0.15, -0.1) is 6.42 Å². The van der Waals surface area contributed by atoms with Crippen molar-refractivity contribution < 1.29 is 48.0 Å². The minimum atomic E-state index is -1.03. The van der Waals surface area contributed by atoms with Gasteiger partial charge in [0.05, 0.1) is 42.4 Å². The smallest absolute Gasteiger partial charge is 0.319 e. The van der Waals surface area contributed by atoms with Crippen LogP contribution >= 0.6 is 11.6 Å². The Kier molecular flexibility index (Phi) is 16.0. The summed E-state index contributed by atoms with van der Waals surface area (Å²) >= 11 is 6.41. The van der Waals surface area contributed by atoms with Crippen molar-refractivity contribution in [1.82, 2.24) is 40.7 Å². The van der Waals surface area contributed by atoms with Crippen LogP contribution in [0.1, 0.15) is 95.7 Å². The van der Waals surface area contributed by atoms with Crippen LogP contribution in [0.15, 0.2) is 79.0 Å². The zero-order chi connectivity index (χ0) is 59.5. The Morgan fingerprint density at radius 2 is 1.67 bits per heavy atom. The molecule has 12 rings (SSSR count). The molecule has 2 saturated carbocycles. The highest BCUT2D eigenvalue weighted by Gasteiger charge is 2.51. The second-order valence-corrected chi connectivity index (χ2v) is 26.1. The average molecular weight is 1180 g/mol. The van der Waals surface area contributed by atoms with Crippen molar-refractivity contribution in [2.45, 2.75) is 121 Å². The SMILES string of the molecule is C#Cc1c(F)ccc2cc(O)cc(-c3ncc4c(N5CC6CCC(C5)N6)nc(OCC5(CN6CCC7(CC6)CC(OCC(=O)N[C@H](C(=O)N6C[C@H](O)C[C@H]6C(=O)N[C@@H](CO)c6ccc(-c8ccccc8Cl)cc6)C(C)(C)C)C7)CC5)nc4c3F)c12. The van der Waals surface area contributed by atoms with Crippen LogP contribution in [0.3, 0.4) is 0 Å². The Morgan fingerprint density at radius 3 is 2.35 bits per heavy atom. The number of β-amino-alcohol motifs (C(OH)–C–C–N with tert-alkyl or cyclic N) is 1. The zero-order valence-corrected chi connectivity index (χ0v) is 48.8. The summed E-state index contributed by atoms with van der Waals surface area (Å²) in [6.07, 6.45) is 13.8. The van der Waals surface area contributed by atoms with Crippen molar-refractivity contribution in [2.24, 2.45) is 16.2 Å². The number of ether oxygens (including phenoxy) is 2. The van der Waals surface area contributed by atoms with Gasteiger partial charge in [0.15, 0.2) is 5.82 Å². The molecule has 6 fully saturated rings. The van der Waals surface area contributed by atoms with Crippen LogP contribution in [0.5, 0.6) is 11.8 Å². The van der Waals surface area contributed by atoms with Gasteiger partial charge in [0, 0.05) is 77.8 Å². The number of anilines is 1. The number of phenolic OH excluding ortho intramolecular Hbond substituents is 1. The molecule has 6 aromatic rings. The van der Waals surface area contributed by atoms with E-state index in [0.29, 0.717) is 46.9 Å². The summed E-state index contributed by atoms with van der Waals surface area (Å²) in [7, 11) is 0. The van der Waals surface area contributed by atoms with Gasteiger partial charge in [-0.25, -0.2) is 8.78 Å². The second kappa shape index (κ2) is 23.3. The van der Waals surface area contributed by atoms with Crippen molar-refractivity contribution in [2.75, 3.05) is 64.0 Å². The first-order chi connectivity index (χ1) is 40.8. The topological polar surface area (TPSA) is 215 Å². The Labute approximate surface area is 497 Å². The molecule has 3 amide bonds. The number of aliphatic hydroxyl groups excluding tert-OH is 2. The van der Waals surface area contributed by atoms with Gasteiger partial charge in [0.1, 0.15) is 47.3 Å². The number of terminal acetylenes is 1. The Balaban J connectivity index is 0.644. The molecule has 4 saturated heterocycles. The molecule has 1 spiro atoms. The van der Waals surface area contributed by atoms with Crippen LogP contribution in [0.25, 0.3) is 44.1 Å². The number of piperazine rings is 1. The number of nitrogens with zero attached hydrogens (tertiary/aromatic N) is 6. The Morgan fingerprint density at radius 1 is 0.941 bits per heavy atom. The number of rotatable bonds is 17. The van der Waals surface area contributed by atoms with Gasteiger partial charge in [-0.2, -0.15) is 9.97 Å². The highest BCUT2D eigenvalue weighted by atomic mass is 35.5. The van der Waals surface area contributed by atoms with Gasteiger partial charge in [-0.3, -0.25) is 19.4 Å². The highest BCUT2D eigenvalue weighted by Crippen LogP contribution is 2.52. The molecule has 446 valence electrons. The monoisotopic (exact) mass is 1180 g/mol. The van der Waals surface area contributed by atoms with Gasteiger partial charge in [-0.05, 0) is 116 Å². The molecule has 4 aliphatic heterocycles. The summed E-state index contributed by atoms with van der Waals surface area (Å²) in [6.45, 7) is 9.07. The summed E-state index contributed by atoms with van der Waals surface area (Å²) in [4.78, 5) is 62.0. The minimum Gasteiger partial charge on any atom is -0.508 e. The summed E-state index contributed by atoms with van der Waals surface area (Å²) in [6, 6.07) is 18.0. The molecule has 2 unspecified atom stereocenters. The average Bonchev–Trinajstić information content (AvgIpc) is 2.23. The molecule has 2 aliphatic carbocycles. The first-order valence-corrected chi connectivity index (χ1v) is 30.0. The number of phenols is 1. The number of pyridine rings is 1. The number of amides is 3. The van der Waals surface area contributed by atoms with E-state index in [2.05, 4.69) is 36.7 Å². The maximum absolute atomic E-state index is 17.2. The summed E-state index contributed by atoms with van der Waals surface area (Å²) in [5.41, 5.74) is 1.54. The van der Waals surface area contributed by atoms with E-state index >= 15 is 8.78 Å². The van der Waals surface area contributed by atoms with Crippen molar-refractivity contribution in [3.8, 4) is 46.5 Å². The number of aromatic hydroxyl groups is 1. The molecule has 6 N–H and O–H groups in total. The van der Waals surface area contributed by atoms with Crippen LogP contribution in [0, 0.1) is 40.2 Å². The maximum atomic E-state index is 17.2.